The van der Waals surface area contributed by atoms with Gasteiger partial charge in [0.2, 0.25) is 0 Å². The van der Waals surface area contributed by atoms with Gasteiger partial charge in [0, 0.05) is 31.5 Å². The Hall–Kier alpha value is -1.56. The molecule has 3 fully saturated rings. The van der Waals surface area contributed by atoms with Crippen LogP contribution in [0.1, 0.15) is 33.6 Å². The number of likely N-dealkylation sites (tertiary alicyclic amines) is 1. The SMILES string of the molecule is CC(C)(C)OC(=O)N1C[C@@H]2C[C@H]3C[C@H]2[C@@H]1[C@@H]3NCCn1cccn1. The number of hydrogen-bond donors (Lipinski definition) is 1. The highest BCUT2D eigenvalue weighted by Gasteiger charge is 2.60. The Labute approximate surface area is 143 Å². The maximum Gasteiger partial charge on any atom is 0.410 e. The minimum atomic E-state index is -0.431. The van der Waals surface area contributed by atoms with Gasteiger partial charge in [-0.05, 0) is 57.4 Å². The molecule has 2 aliphatic carbocycles. The number of amides is 1. The summed E-state index contributed by atoms with van der Waals surface area (Å²) in [4.78, 5) is 14.6. The van der Waals surface area contributed by atoms with Gasteiger partial charge in [0.1, 0.15) is 5.60 Å². The van der Waals surface area contributed by atoms with Gasteiger partial charge < -0.3 is 15.0 Å². The molecule has 1 saturated heterocycles. The van der Waals surface area contributed by atoms with Crippen LogP contribution in [-0.2, 0) is 11.3 Å². The van der Waals surface area contributed by atoms with Crippen molar-refractivity contribution in [1.29, 1.82) is 0 Å². The van der Waals surface area contributed by atoms with Gasteiger partial charge in [0.15, 0.2) is 0 Å². The molecule has 1 N–H and O–H groups in total. The quantitative estimate of drug-likeness (QED) is 0.917. The minimum Gasteiger partial charge on any atom is -0.444 e. The molecule has 2 heterocycles. The van der Waals surface area contributed by atoms with E-state index in [9.17, 15) is 4.79 Å². The largest absolute Gasteiger partial charge is 0.444 e. The van der Waals surface area contributed by atoms with Crippen LogP contribution in [0.5, 0.6) is 0 Å². The molecule has 1 aromatic rings. The third kappa shape index (κ3) is 2.81. The van der Waals surface area contributed by atoms with Crippen molar-refractivity contribution in [2.24, 2.45) is 17.8 Å². The molecule has 1 aromatic heterocycles. The van der Waals surface area contributed by atoms with Crippen LogP contribution in [0.4, 0.5) is 4.79 Å². The van der Waals surface area contributed by atoms with E-state index in [1.165, 1.54) is 12.8 Å². The van der Waals surface area contributed by atoms with Crippen LogP contribution in [-0.4, -0.2) is 51.5 Å². The van der Waals surface area contributed by atoms with E-state index < -0.39 is 5.60 Å². The van der Waals surface area contributed by atoms with E-state index in [1.54, 1.807) is 0 Å². The molecule has 3 aliphatic rings. The number of rotatable bonds is 4. The minimum absolute atomic E-state index is 0.138. The summed E-state index contributed by atoms with van der Waals surface area (Å²) in [6, 6.07) is 2.65. The van der Waals surface area contributed by atoms with Crippen LogP contribution >= 0.6 is 0 Å². The number of carbonyl (C=O) groups is 1. The van der Waals surface area contributed by atoms with Crippen molar-refractivity contribution in [3.05, 3.63) is 18.5 Å². The predicted molar refractivity (Wildman–Crippen MR) is 90.4 cm³/mol. The molecule has 24 heavy (non-hydrogen) atoms. The first kappa shape index (κ1) is 15.9. The molecule has 1 amide bonds. The molecular weight excluding hydrogens is 304 g/mol. The highest BCUT2D eigenvalue weighted by molar-refractivity contribution is 5.69. The number of carbonyl (C=O) groups excluding carboxylic acids is 1. The highest BCUT2D eigenvalue weighted by Crippen LogP contribution is 2.55. The first-order valence-electron chi connectivity index (χ1n) is 9.13. The van der Waals surface area contributed by atoms with Crippen LogP contribution in [0.2, 0.25) is 0 Å². The molecule has 4 rings (SSSR count). The summed E-state index contributed by atoms with van der Waals surface area (Å²) in [5.74, 6) is 2.04. The van der Waals surface area contributed by atoms with Gasteiger partial charge in [-0.2, -0.15) is 5.10 Å². The molecule has 5 atom stereocenters. The first-order chi connectivity index (χ1) is 11.4. The van der Waals surface area contributed by atoms with Crippen molar-refractivity contribution in [1.82, 2.24) is 20.0 Å². The molecule has 6 heteroatoms. The molecule has 0 unspecified atom stereocenters. The lowest BCUT2D eigenvalue weighted by molar-refractivity contribution is 0.0193. The summed E-state index contributed by atoms with van der Waals surface area (Å²) in [6.45, 7) is 8.44. The Kier molecular flexibility index (Phi) is 3.82. The number of aromatic nitrogens is 2. The van der Waals surface area contributed by atoms with Crippen LogP contribution in [0, 0.1) is 17.8 Å². The molecule has 1 aliphatic heterocycles. The zero-order valence-corrected chi connectivity index (χ0v) is 14.8. The van der Waals surface area contributed by atoms with Gasteiger partial charge in [-0.1, -0.05) is 0 Å². The third-order valence-corrected chi connectivity index (χ3v) is 5.80. The average Bonchev–Trinajstić information content (AvgIpc) is 3.20. The molecule has 0 radical (unpaired) electrons. The fourth-order valence-electron chi connectivity index (χ4n) is 5.05. The van der Waals surface area contributed by atoms with Crippen molar-refractivity contribution in [3.8, 4) is 0 Å². The van der Waals surface area contributed by atoms with E-state index in [0.29, 0.717) is 29.8 Å². The van der Waals surface area contributed by atoms with E-state index >= 15 is 0 Å². The number of fused-ring (bicyclic) bond motifs is 1. The van der Waals surface area contributed by atoms with Crippen LogP contribution < -0.4 is 5.32 Å². The van der Waals surface area contributed by atoms with Crippen molar-refractivity contribution < 1.29 is 9.53 Å². The maximum absolute atomic E-state index is 12.6. The van der Waals surface area contributed by atoms with Gasteiger partial charge in [-0.3, -0.25) is 4.68 Å². The Bertz CT molecular complexity index is 593. The standard InChI is InChI=1S/C18H28N4O2/c1-18(2,3)24-17(23)22-11-13-9-12-10-14(13)16(22)15(12)19-6-8-21-7-4-5-20-21/h4-5,7,12-16,19H,6,8-11H2,1-3H3/t12-,13-,14+,15+,16+/m0/s1. The lowest BCUT2D eigenvalue weighted by atomic mass is 9.86. The predicted octanol–water partition coefficient (Wildman–Crippen LogP) is 2.12. The topological polar surface area (TPSA) is 59.4 Å². The van der Waals surface area contributed by atoms with E-state index in [-0.39, 0.29) is 6.09 Å². The number of nitrogens with zero attached hydrogens (tertiary/aromatic N) is 3. The van der Waals surface area contributed by atoms with Crippen molar-refractivity contribution >= 4 is 6.09 Å². The smallest absolute Gasteiger partial charge is 0.410 e. The van der Waals surface area contributed by atoms with Gasteiger partial charge in [-0.25, -0.2) is 4.79 Å². The van der Waals surface area contributed by atoms with E-state index in [4.69, 9.17) is 4.74 Å². The van der Waals surface area contributed by atoms with Crippen molar-refractivity contribution in [3.63, 3.8) is 0 Å². The average molecular weight is 332 g/mol. The highest BCUT2D eigenvalue weighted by atomic mass is 16.6. The Morgan fingerprint density at radius 2 is 2.17 bits per heavy atom. The normalized spacial score (nSPS) is 34.1. The first-order valence-corrected chi connectivity index (χ1v) is 9.13. The zero-order valence-electron chi connectivity index (χ0n) is 14.8. The molecule has 2 bridgehead atoms. The summed E-state index contributed by atoms with van der Waals surface area (Å²) < 4.78 is 7.60. The summed E-state index contributed by atoms with van der Waals surface area (Å²) in [7, 11) is 0. The van der Waals surface area contributed by atoms with Gasteiger partial charge in [0.25, 0.3) is 0 Å². The number of nitrogens with one attached hydrogen (secondary N) is 1. The van der Waals surface area contributed by atoms with E-state index in [2.05, 4.69) is 10.4 Å². The summed E-state index contributed by atoms with van der Waals surface area (Å²) in [5, 5.41) is 7.97. The second-order valence-corrected chi connectivity index (χ2v) is 8.53. The third-order valence-electron chi connectivity index (χ3n) is 5.80. The van der Waals surface area contributed by atoms with Gasteiger partial charge in [0.05, 0.1) is 12.6 Å². The fraction of sp³-hybridized carbons (Fsp3) is 0.778. The molecule has 0 spiro atoms. The van der Waals surface area contributed by atoms with E-state index in [1.807, 2.05) is 48.8 Å². The van der Waals surface area contributed by atoms with Crippen molar-refractivity contribution in [2.45, 2.75) is 57.8 Å². The molecule has 132 valence electrons. The summed E-state index contributed by atoms with van der Waals surface area (Å²) in [6.07, 6.45) is 6.17. The Balaban J connectivity index is 1.41. The zero-order chi connectivity index (χ0) is 16.9. The second-order valence-electron chi connectivity index (χ2n) is 8.53. The molecule has 0 aromatic carbocycles. The van der Waals surface area contributed by atoms with Gasteiger partial charge >= 0.3 is 6.09 Å². The number of hydrogen-bond acceptors (Lipinski definition) is 4. The van der Waals surface area contributed by atoms with Crippen LogP contribution in [0.3, 0.4) is 0 Å². The molecule has 6 nitrogen and oxygen atoms in total. The fourth-order valence-corrected chi connectivity index (χ4v) is 5.05. The lowest BCUT2D eigenvalue weighted by Crippen LogP contribution is -2.52. The summed E-state index contributed by atoms with van der Waals surface area (Å²) in [5.41, 5.74) is -0.431. The molecular formula is C18H28N4O2. The number of ether oxygens (including phenoxy) is 1. The lowest BCUT2D eigenvalue weighted by Gasteiger charge is -2.34. The Morgan fingerprint density at radius 1 is 1.33 bits per heavy atom. The maximum atomic E-state index is 12.6. The van der Waals surface area contributed by atoms with Gasteiger partial charge in [-0.15, -0.1) is 0 Å². The second kappa shape index (κ2) is 5.76. The molecule has 2 saturated carbocycles. The van der Waals surface area contributed by atoms with Crippen LogP contribution in [0.15, 0.2) is 18.5 Å². The summed E-state index contributed by atoms with van der Waals surface area (Å²) >= 11 is 0. The van der Waals surface area contributed by atoms with Crippen LogP contribution in [0.25, 0.3) is 0 Å². The monoisotopic (exact) mass is 332 g/mol. The Morgan fingerprint density at radius 3 is 2.88 bits per heavy atom. The van der Waals surface area contributed by atoms with E-state index in [0.717, 1.165) is 19.6 Å². The van der Waals surface area contributed by atoms with Crippen molar-refractivity contribution in [2.75, 3.05) is 13.1 Å².